The van der Waals surface area contributed by atoms with E-state index in [1.807, 2.05) is 0 Å². The number of ether oxygens (including phenoxy) is 1. The topological polar surface area (TPSA) is 52.3 Å². The number of hydrogen-bond donors (Lipinski definition) is 1. The van der Waals surface area contributed by atoms with Crippen LogP contribution in [-0.4, -0.2) is 18.1 Å². The van der Waals surface area contributed by atoms with Gasteiger partial charge in [0.1, 0.15) is 6.10 Å². The molecule has 0 aromatic rings. The second-order valence-corrected chi connectivity index (χ2v) is 6.42. The lowest BCUT2D eigenvalue weighted by atomic mass is 9.81. The molecule has 4 heteroatoms. The molecule has 0 radical (unpaired) electrons. The van der Waals surface area contributed by atoms with Crippen molar-refractivity contribution in [3.8, 4) is 0 Å². The Balaban J connectivity index is 0.00000200. The Morgan fingerprint density at radius 1 is 1.20 bits per heavy atom. The van der Waals surface area contributed by atoms with Crippen molar-refractivity contribution >= 4 is 18.4 Å². The second-order valence-electron chi connectivity index (χ2n) is 6.42. The Morgan fingerprint density at radius 3 is 2.65 bits per heavy atom. The summed E-state index contributed by atoms with van der Waals surface area (Å²) in [5.41, 5.74) is 6.18. The van der Waals surface area contributed by atoms with Crippen LogP contribution in [0.5, 0.6) is 0 Å². The van der Waals surface area contributed by atoms with Crippen LogP contribution in [0.4, 0.5) is 0 Å². The molecule has 1 aliphatic heterocycles. The maximum Gasteiger partial charge on any atom is 0.309 e. The van der Waals surface area contributed by atoms with Gasteiger partial charge < -0.3 is 10.5 Å². The number of cyclic esters (lactones) is 1. The zero-order valence-corrected chi connectivity index (χ0v) is 13.5. The van der Waals surface area contributed by atoms with Crippen molar-refractivity contribution in [1.29, 1.82) is 0 Å². The van der Waals surface area contributed by atoms with Gasteiger partial charge in [-0.05, 0) is 44.4 Å². The fourth-order valence-electron chi connectivity index (χ4n) is 3.58. The number of rotatable bonds is 6. The SMILES string of the molecule is CCCC[C@@H]1C[C@H](CCC2CCCC[C@@H]2N)OC1=O.Cl. The summed E-state index contributed by atoms with van der Waals surface area (Å²) in [5, 5.41) is 0. The summed E-state index contributed by atoms with van der Waals surface area (Å²) < 4.78 is 5.52. The number of hydrogen-bond acceptors (Lipinski definition) is 3. The first kappa shape index (κ1) is 17.8. The normalized spacial score (nSPS) is 33.6. The van der Waals surface area contributed by atoms with E-state index < -0.39 is 0 Å². The smallest absolute Gasteiger partial charge is 0.309 e. The molecule has 20 heavy (non-hydrogen) atoms. The molecule has 1 saturated carbocycles. The van der Waals surface area contributed by atoms with E-state index >= 15 is 0 Å². The first-order valence-corrected chi connectivity index (χ1v) is 8.16. The lowest BCUT2D eigenvalue weighted by molar-refractivity contribution is -0.144. The number of esters is 1. The van der Waals surface area contributed by atoms with Crippen molar-refractivity contribution in [2.45, 2.75) is 83.3 Å². The van der Waals surface area contributed by atoms with Crippen LogP contribution in [0.3, 0.4) is 0 Å². The minimum atomic E-state index is 0. The van der Waals surface area contributed by atoms with E-state index in [2.05, 4.69) is 6.92 Å². The van der Waals surface area contributed by atoms with Crippen molar-refractivity contribution in [3.63, 3.8) is 0 Å². The monoisotopic (exact) mass is 303 g/mol. The maximum atomic E-state index is 11.8. The lowest BCUT2D eigenvalue weighted by Gasteiger charge is -2.29. The first-order chi connectivity index (χ1) is 9.20. The molecule has 0 aromatic heterocycles. The number of nitrogens with two attached hydrogens (primary N) is 1. The summed E-state index contributed by atoms with van der Waals surface area (Å²) in [6.45, 7) is 2.17. The molecule has 4 atom stereocenters. The standard InChI is InChI=1S/C16H29NO2.ClH/c1-2-3-6-13-11-14(19-16(13)18)10-9-12-7-4-5-8-15(12)17;/h12-15H,2-11,17H2,1H3;1H/t12?,13-,14+,15+;/m1./s1. The van der Waals surface area contributed by atoms with Gasteiger partial charge in [-0.15, -0.1) is 12.4 Å². The van der Waals surface area contributed by atoms with Crippen molar-refractivity contribution in [1.82, 2.24) is 0 Å². The van der Waals surface area contributed by atoms with E-state index in [0.717, 1.165) is 38.5 Å². The third-order valence-corrected chi connectivity index (χ3v) is 4.90. The van der Waals surface area contributed by atoms with Gasteiger partial charge >= 0.3 is 5.97 Å². The molecule has 0 aromatic carbocycles. The average molecular weight is 304 g/mol. The number of carbonyl (C=O) groups excluding carboxylic acids is 1. The Bertz CT molecular complexity index is 298. The third-order valence-electron chi connectivity index (χ3n) is 4.90. The zero-order chi connectivity index (χ0) is 13.7. The maximum absolute atomic E-state index is 11.8. The van der Waals surface area contributed by atoms with Gasteiger partial charge in [-0.3, -0.25) is 4.79 Å². The van der Waals surface area contributed by atoms with Crippen LogP contribution in [0.2, 0.25) is 0 Å². The molecule has 3 nitrogen and oxygen atoms in total. The van der Waals surface area contributed by atoms with E-state index in [1.165, 1.54) is 25.7 Å². The highest BCUT2D eigenvalue weighted by molar-refractivity contribution is 5.85. The van der Waals surface area contributed by atoms with Crippen molar-refractivity contribution in [2.24, 2.45) is 17.6 Å². The zero-order valence-electron chi connectivity index (χ0n) is 12.7. The highest BCUT2D eigenvalue weighted by Crippen LogP contribution is 2.32. The van der Waals surface area contributed by atoms with Crippen LogP contribution < -0.4 is 5.73 Å². The highest BCUT2D eigenvalue weighted by Gasteiger charge is 2.34. The first-order valence-electron chi connectivity index (χ1n) is 8.16. The Hall–Kier alpha value is -0.280. The quantitative estimate of drug-likeness (QED) is 0.759. The summed E-state index contributed by atoms with van der Waals surface area (Å²) in [4.78, 5) is 11.8. The van der Waals surface area contributed by atoms with Gasteiger partial charge in [0.15, 0.2) is 0 Å². The molecule has 2 rings (SSSR count). The molecule has 1 unspecified atom stereocenters. The van der Waals surface area contributed by atoms with Crippen LogP contribution in [0, 0.1) is 11.8 Å². The largest absolute Gasteiger partial charge is 0.462 e. The predicted molar refractivity (Wildman–Crippen MR) is 83.9 cm³/mol. The average Bonchev–Trinajstić information content (AvgIpc) is 2.76. The molecule has 2 aliphatic rings. The minimum Gasteiger partial charge on any atom is -0.462 e. The van der Waals surface area contributed by atoms with Gasteiger partial charge in [-0.1, -0.05) is 32.6 Å². The van der Waals surface area contributed by atoms with E-state index in [0.29, 0.717) is 12.0 Å². The van der Waals surface area contributed by atoms with E-state index in [1.54, 1.807) is 0 Å². The molecule has 2 fully saturated rings. The van der Waals surface area contributed by atoms with Crippen LogP contribution >= 0.6 is 12.4 Å². The second kappa shape index (κ2) is 8.89. The van der Waals surface area contributed by atoms with Gasteiger partial charge in [0, 0.05) is 6.04 Å². The van der Waals surface area contributed by atoms with Crippen molar-refractivity contribution < 1.29 is 9.53 Å². The van der Waals surface area contributed by atoms with Gasteiger partial charge in [0.25, 0.3) is 0 Å². The number of halogens is 1. The fraction of sp³-hybridized carbons (Fsp3) is 0.938. The molecule has 1 saturated heterocycles. The highest BCUT2D eigenvalue weighted by atomic mass is 35.5. The van der Waals surface area contributed by atoms with E-state index in [4.69, 9.17) is 10.5 Å². The van der Waals surface area contributed by atoms with Crippen molar-refractivity contribution in [2.75, 3.05) is 0 Å². The molecule has 0 bridgehead atoms. The number of carbonyl (C=O) groups is 1. The fourth-order valence-corrected chi connectivity index (χ4v) is 3.58. The van der Waals surface area contributed by atoms with E-state index in [9.17, 15) is 4.79 Å². The molecule has 0 amide bonds. The Morgan fingerprint density at radius 2 is 1.95 bits per heavy atom. The van der Waals surface area contributed by atoms with Crippen LogP contribution in [0.15, 0.2) is 0 Å². The molecule has 118 valence electrons. The Kier molecular flexibility index (Phi) is 7.90. The summed E-state index contributed by atoms with van der Waals surface area (Å²) >= 11 is 0. The minimum absolute atomic E-state index is 0. The van der Waals surface area contributed by atoms with E-state index in [-0.39, 0.29) is 30.4 Å². The summed E-state index contributed by atoms with van der Waals surface area (Å²) in [5.74, 6) is 0.874. The summed E-state index contributed by atoms with van der Waals surface area (Å²) in [6, 6.07) is 0.377. The lowest BCUT2D eigenvalue weighted by Crippen LogP contribution is -2.33. The molecular formula is C16H30ClNO2. The van der Waals surface area contributed by atoms with Crippen LogP contribution in [0.1, 0.15) is 71.1 Å². The van der Waals surface area contributed by atoms with Gasteiger partial charge in [-0.25, -0.2) is 0 Å². The predicted octanol–water partition coefficient (Wildman–Crippen LogP) is 3.83. The molecule has 1 aliphatic carbocycles. The van der Waals surface area contributed by atoms with Crippen LogP contribution in [0.25, 0.3) is 0 Å². The van der Waals surface area contributed by atoms with Gasteiger partial charge in [0.05, 0.1) is 5.92 Å². The van der Waals surface area contributed by atoms with Crippen molar-refractivity contribution in [3.05, 3.63) is 0 Å². The molecule has 1 heterocycles. The summed E-state index contributed by atoms with van der Waals surface area (Å²) in [6.07, 6.45) is 11.6. The molecular weight excluding hydrogens is 274 g/mol. The van der Waals surface area contributed by atoms with Crippen LogP contribution in [-0.2, 0) is 9.53 Å². The third kappa shape index (κ3) is 4.92. The molecule has 0 spiro atoms. The van der Waals surface area contributed by atoms with Gasteiger partial charge in [-0.2, -0.15) is 0 Å². The summed E-state index contributed by atoms with van der Waals surface area (Å²) in [7, 11) is 0. The molecule has 2 N–H and O–H groups in total. The Labute approximate surface area is 129 Å². The number of unbranched alkanes of at least 4 members (excludes halogenated alkanes) is 1. The van der Waals surface area contributed by atoms with Gasteiger partial charge in [0.2, 0.25) is 0 Å².